The Kier molecular flexibility index (Phi) is 4.96. The molecule has 4 heterocycles. The number of imidazole rings is 1. The first kappa shape index (κ1) is 19.7. The number of piperidine rings is 1. The van der Waals surface area contributed by atoms with Crippen molar-refractivity contribution in [1.82, 2.24) is 29.5 Å². The first-order valence-electron chi connectivity index (χ1n) is 11.0. The molecule has 7 nitrogen and oxygen atoms in total. The van der Waals surface area contributed by atoms with E-state index >= 15 is 0 Å². The largest absolute Gasteiger partial charge is 0.343 e. The van der Waals surface area contributed by atoms with Gasteiger partial charge in [-0.25, -0.2) is 14.5 Å². The van der Waals surface area contributed by atoms with Crippen molar-refractivity contribution < 1.29 is 4.79 Å². The van der Waals surface area contributed by atoms with E-state index in [-0.39, 0.29) is 5.91 Å². The number of carbonyl (C=O) groups excluding carboxylic acids is 1. The molecular weight excluding hydrogens is 388 g/mol. The summed E-state index contributed by atoms with van der Waals surface area (Å²) >= 11 is 0. The lowest BCUT2D eigenvalue weighted by Gasteiger charge is -2.31. The van der Waals surface area contributed by atoms with Gasteiger partial charge in [0.2, 0.25) is 5.91 Å². The number of fused-ring (bicyclic) bond motifs is 2. The Bertz CT molecular complexity index is 1230. The highest BCUT2D eigenvalue weighted by atomic mass is 16.2. The van der Waals surface area contributed by atoms with Crippen LogP contribution in [0.25, 0.3) is 16.7 Å². The van der Waals surface area contributed by atoms with E-state index in [9.17, 15) is 4.79 Å². The van der Waals surface area contributed by atoms with Crippen LogP contribution < -0.4 is 0 Å². The van der Waals surface area contributed by atoms with Gasteiger partial charge in [-0.2, -0.15) is 5.10 Å². The van der Waals surface area contributed by atoms with Gasteiger partial charge in [-0.15, -0.1) is 0 Å². The predicted molar refractivity (Wildman–Crippen MR) is 120 cm³/mol. The Hall–Kier alpha value is -3.22. The van der Waals surface area contributed by atoms with E-state index in [4.69, 9.17) is 4.98 Å². The highest BCUT2D eigenvalue weighted by Crippen LogP contribution is 2.28. The maximum Gasteiger partial charge on any atom is 0.222 e. The van der Waals surface area contributed by atoms with Gasteiger partial charge in [-0.1, -0.05) is 12.1 Å². The van der Waals surface area contributed by atoms with Crippen LogP contribution in [-0.2, 0) is 11.2 Å². The van der Waals surface area contributed by atoms with Crippen molar-refractivity contribution in [2.45, 2.75) is 52.4 Å². The zero-order valence-electron chi connectivity index (χ0n) is 18.4. The number of nitrogens with zero attached hydrogens (tertiary/aromatic N) is 5. The molecule has 7 heteroatoms. The molecule has 1 N–H and O–H groups in total. The molecule has 0 spiro atoms. The Labute approximate surface area is 181 Å². The maximum atomic E-state index is 12.9. The Balaban J connectivity index is 1.22. The predicted octanol–water partition coefficient (Wildman–Crippen LogP) is 3.87. The second-order valence-corrected chi connectivity index (χ2v) is 8.61. The number of hydrogen-bond acceptors (Lipinski definition) is 4. The molecule has 3 aromatic heterocycles. The van der Waals surface area contributed by atoms with Gasteiger partial charge in [0, 0.05) is 42.9 Å². The fourth-order valence-corrected chi connectivity index (χ4v) is 4.76. The minimum absolute atomic E-state index is 0.221. The first-order chi connectivity index (χ1) is 15.0. The van der Waals surface area contributed by atoms with Crippen LogP contribution in [0.3, 0.4) is 0 Å². The summed E-state index contributed by atoms with van der Waals surface area (Å²) in [7, 11) is 0. The van der Waals surface area contributed by atoms with Gasteiger partial charge in [0.1, 0.15) is 5.82 Å². The molecule has 160 valence electrons. The molecular formula is C24H28N6O. The highest BCUT2D eigenvalue weighted by molar-refractivity contribution is 5.77. The highest BCUT2D eigenvalue weighted by Gasteiger charge is 2.26. The normalized spacial score (nSPS) is 15.3. The number of likely N-dealkylation sites (tertiary alicyclic amines) is 1. The number of aromatic amines is 1. The molecule has 1 aliphatic heterocycles. The number of carbonyl (C=O) groups is 1. The van der Waals surface area contributed by atoms with Crippen molar-refractivity contribution in [2.24, 2.45) is 0 Å². The van der Waals surface area contributed by atoms with Crippen LogP contribution in [0.1, 0.15) is 53.7 Å². The van der Waals surface area contributed by atoms with E-state index in [0.717, 1.165) is 71.1 Å². The number of hydrogen-bond donors (Lipinski definition) is 1. The maximum absolute atomic E-state index is 12.9. The van der Waals surface area contributed by atoms with Gasteiger partial charge in [0.15, 0.2) is 5.65 Å². The van der Waals surface area contributed by atoms with Crippen LogP contribution in [0.4, 0.5) is 0 Å². The van der Waals surface area contributed by atoms with Gasteiger partial charge >= 0.3 is 0 Å². The lowest BCUT2D eigenvalue weighted by molar-refractivity contribution is -0.132. The van der Waals surface area contributed by atoms with E-state index < -0.39 is 0 Å². The summed E-state index contributed by atoms with van der Waals surface area (Å²) < 4.78 is 1.89. The van der Waals surface area contributed by atoms with Crippen molar-refractivity contribution in [3.8, 4) is 0 Å². The van der Waals surface area contributed by atoms with E-state index in [0.29, 0.717) is 18.8 Å². The lowest BCUT2D eigenvalue weighted by Crippen LogP contribution is -2.38. The summed E-state index contributed by atoms with van der Waals surface area (Å²) in [6.07, 6.45) is 3.10. The van der Waals surface area contributed by atoms with E-state index in [1.54, 1.807) is 0 Å². The summed E-state index contributed by atoms with van der Waals surface area (Å²) in [6, 6.07) is 10.1. The molecule has 1 saturated heterocycles. The number of aromatic nitrogens is 5. The number of benzene rings is 1. The quantitative estimate of drug-likeness (QED) is 0.548. The summed E-state index contributed by atoms with van der Waals surface area (Å²) in [4.78, 5) is 27.8. The summed E-state index contributed by atoms with van der Waals surface area (Å²) in [5, 5.41) is 4.53. The van der Waals surface area contributed by atoms with Crippen LogP contribution in [0.2, 0.25) is 0 Å². The van der Waals surface area contributed by atoms with E-state index in [2.05, 4.69) is 28.1 Å². The van der Waals surface area contributed by atoms with Crippen molar-refractivity contribution >= 4 is 22.6 Å². The molecule has 4 aromatic rings. The number of nitrogens with one attached hydrogen (secondary N) is 1. The molecule has 31 heavy (non-hydrogen) atoms. The van der Waals surface area contributed by atoms with Crippen LogP contribution in [-0.4, -0.2) is 48.5 Å². The summed E-state index contributed by atoms with van der Waals surface area (Å²) in [5.74, 6) is 1.66. The molecule has 1 fully saturated rings. The lowest BCUT2D eigenvalue weighted by atomic mass is 9.95. The molecule has 1 amide bonds. The van der Waals surface area contributed by atoms with Gasteiger partial charge in [0.05, 0.1) is 16.7 Å². The van der Waals surface area contributed by atoms with Crippen molar-refractivity contribution in [3.05, 3.63) is 58.8 Å². The zero-order valence-corrected chi connectivity index (χ0v) is 18.4. The molecule has 1 aliphatic rings. The topological polar surface area (TPSA) is 79.2 Å². The van der Waals surface area contributed by atoms with Crippen molar-refractivity contribution in [1.29, 1.82) is 0 Å². The van der Waals surface area contributed by atoms with Crippen molar-refractivity contribution in [2.75, 3.05) is 13.1 Å². The number of aryl methyl sites for hydroxylation is 3. The Morgan fingerprint density at radius 3 is 2.68 bits per heavy atom. The average molecular weight is 417 g/mol. The SMILES string of the molecule is Cc1cc2nc(C)c(CCC(=O)N3CCC(c4nc5ccccc5[nH]4)CC3)c(C)n2n1. The molecule has 0 radical (unpaired) electrons. The Morgan fingerprint density at radius 1 is 1.13 bits per heavy atom. The van der Waals surface area contributed by atoms with Gasteiger partial charge in [-0.3, -0.25) is 4.79 Å². The monoisotopic (exact) mass is 416 g/mol. The van der Waals surface area contributed by atoms with Crippen molar-refractivity contribution in [3.63, 3.8) is 0 Å². The van der Waals surface area contributed by atoms with Gasteiger partial charge < -0.3 is 9.88 Å². The first-order valence-corrected chi connectivity index (χ1v) is 11.0. The summed E-state index contributed by atoms with van der Waals surface area (Å²) in [5.41, 5.74) is 7.11. The van der Waals surface area contributed by atoms with E-state index in [1.165, 1.54) is 0 Å². The number of H-pyrrole nitrogens is 1. The third kappa shape index (κ3) is 3.69. The molecule has 0 aliphatic carbocycles. The number of rotatable bonds is 4. The average Bonchev–Trinajstić information content (AvgIpc) is 3.36. The second-order valence-electron chi connectivity index (χ2n) is 8.61. The van der Waals surface area contributed by atoms with Crippen LogP contribution >= 0.6 is 0 Å². The fraction of sp³-hybridized carbons (Fsp3) is 0.417. The van der Waals surface area contributed by atoms with Crippen LogP contribution in [0, 0.1) is 20.8 Å². The summed E-state index contributed by atoms with van der Waals surface area (Å²) in [6.45, 7) is 7.63. The molecule has 0 saturated carbocycles. The van der Waals surface area contributed by atoms with Gasteiger partial charge in [-0.05, 0) is 57.7 Å². The molecule has 0 bridgehead atoms. The van der Waals surface area contributed by atoms with Crippen LogP contribution in [0.5, 0.6) is 0 Å². The van der Waals surface area contributed by atoms with Gasteiger partial charge in [0.25, 0.3) is 0 Å². The molecule has 0 unspecified atom stereocenters. The standard InChI is InChI=1S/C24H28N6O/c1-15-14-22-25-16(2)19(17(3)30(22)28-15)8-9-23(31)29-12-10-18(11-13-29)24-26-20-6-4-5-7-21(20)27-24/h4-7,14,18H,8-13H2,1-3H3,(H,26,27). The third-order valence-electron chi connectivity index (χ3n) is 6.52. The number of amides is 1. The minimum atomic E-state index is 0.221. The second kappa shape index (κ2) is 7.80. The zero-order chi connectivity index (χ0) is 21.5. The Morgan fingerprint density at radius 2 is 1.90 bits per heavy atom. The third-order valence-corrected chi connectivity index (χ3v) is 6.52. The minimum Gasteiger partial charge on any atom is -0.343 e. The smallest absolute Gasteiger partial charge is 0.222 e. The molecule has 0 atom stereocenters. The molecule has 1 aromatic carbocycles. The molecule has 5 rings (SSSR count). The number of para-hydroxylation sites is 2. The fourth-order valence-electron chi connectivity index (χ4n) is 4.76. The van der Waals surface area contributed by atoms with E-state index in [1.807, 2.05) is 47.5 Å². The van der Waals surface area contributed by atoms with Crippen LogP contribution in [0.15, 0.2) is 30.3 Å².